The molecule has 1 fully saturated rings. The number of aliphatic hydroxyl groups is 1. The molecule has 0 aromatic carbocycles. The molecule has 0 saturated heterocycles. The molecule has 2 N–H and O–H groups in total. The van der Waals surface area contributed by atoms with Crippen LogP contribution in [0, 0.1) is 5.92 Å². The molecule has 0 bridgehead atoms. The van der Waals surface area contributed by atoms with Crippen molar-refractivity contribution < 1.29 is 5.11 Å². The SMILES string of the molecule is CCc1nn(CC)c(CNC2CCCCC2CO)c1Br. The number of aromatic nitrogens is 2. The second kappa shape index (κ2) is 7.57. The van der Waals surface area contributed by atoms with E-state index in [0.29, 0.717) is 18.6 Å². The van der Waals surface area contributed by atoms with Crippen LogP contribution < -0.4 is 5.32 Å². The fraction of sp³-hybridized carbons (Fsp3) is 0.800. The number of nitrogens with zero attached hydrogens (tertiary/aromatic N) is 2. The Labute approximate surface area is 130 Å². The summed E-state index contributed by atoms with van der Waals surface area (Å²) in [4.78, 5) is 0. The van der Waals surface area contributed by atoms with Crippen molar-refractivity contribution in [3.8, 4) is 0 Å². The third-order valence-corrected chi connectivity index (χ3v) is 5.28. The van der Waals surface area contributed by atoms with Gasteiger partial charge in [-0.25, -0.2) is 0 Å². The monoisotopic (exact) mass is 343 g/mol. The molecule has 0 spiro atoms. The Bertz CT molecular complexity index is 433. The zero-order valence-electron chi connectivity index (χ0n) is 12.5. The van der Waals surface area contributed by atoms with E-state index in [2.05, 4.69) is 44.9 Å². The first-order valence-electron chi connectivity index (χ1n) is 7.79. The summed E-state index contributed by atoms with van der Waals surface area (Å²) in [6, 6.07) is 0.436. The van der Waals surface area contributed by atoms with E-state index in [-0.39, 0.29) is 0 Å². The fourth-order valence-corrected chi connectivity index (χ4v) is 3.81. The third-order valence-electron chi connectivity index (χ3n) is 4.37. The van der Waals surface area contributed by atoms with Gasteiger partial charge in [-0.2, -0.15) is 5.10 Å². The van der Waals surface area contributed by atoms with Gasteiger partial charge < -0.3 is 10.4 Å². The molecule has 1 aromatic heterocycles. The van der Waals surface area contributed by atoms with Crippen LogP contribution in [0.5, 0.6) is 0 Å². The molecule has 0 amide bonds. The van der Waals surface area contributed by atoms with Gasteiger partial charge in [-0.1, -0.05) is 19.8 Å². The van der Waals surface area contributed by atoms with Gasteiger partial charge in [0.25, 0.3) is 0 Å². The second-order valence-electron chi connectivity index (χ2n) is 5.59. The lowest BCUT2D eigenvalue weighted by molar-refractivity contribution is 0.152. The van der Waals surface area contributed by atoms with Gasteiger partial charge in [0, 0.05) is 25.7 Å². The van der Waals surface area contributed by atoms with Crippen LogP contribution >= 0.6 is 15.9 Å². The summed E-state index contributed by atoms with van der Waals surface area (Å²) in [5.74, 6) is 0.408. The molecule has 2 unspecified atom stereocenters. The lowest BCUT2D eigenvalue weighted by atomic mass is 9.85. The highest BCUT2D eigenvalue weighted by atomic mass is 79.9. The summed E-state index contributed by atoms with van der Waals surface area (Å²) < 4.78 is 3.22. The number of hydrogen-bond donors (Lipinski definition) is 2. The van der Waals surface area contributed by atoms with Crippen molar-refractivity contribution >= 4 is 15.9 Å². The minimum absolute atomic E-state index is 0.298. The Balaban J connectivity index is 2.04. The predicted octanol–water partition coefficient (Wildman–Crippen LogP) is 2.87. The van der Waals surface area contributed by atoms with Gasteiger partial charge in [0.2, 0.25) is 0 Å². The number of nitrogens with one attached hydrogen (secondary N) is 1. The topological polar surface area (TPSA) is 50.1 Å². The van der Waals surface area contributed by atoms with E-state index in [9.17, 15) is 5.11 Å². The minimum Gasteiger partial charge on any atom is -0.396 e. The first-order valence-corrected chi connectivity index (χ1v) is 8.58. The van der Waals surface area contributed by atoms with Crippen LogP contribution in [0.25, 0.3) is 0 Å². The number of aryl methyl sites for hydroxylation is 2. The van der Waals surface area contributed by atoms with Crippen LogP contribution in [0.1, 0.15) is 50.9 Å². The number of halogens is 1. The molecule has 1 aromatic rings. The van der Waals surface area contributed by atoms with Crippen molar-refractivity contribution in [3.05, 3.63) is 15.9 Å². The van der Waals surface area contributed by atoms with Crippen molar-refractivity contribution in [1.82, 2.24) is 15.1 Å². The predicted molar refractivity (Wildman–Crippen MR) is 84.7 cm³/mol. The van der Waals surface area contributed by atoms with E-state index in [1.54, 1.807) is 0 Å². The zero-order chi connectivity index (χ0) is 14.5. The molecule has 114 valence electrons. The highest BCUT2D eigenvalue weighted by Gasteiger charge is 2.24. The van der Waals surface area contributed by atoms with E-state index < -0.39 is 0 Å². The van der Waals surface area contributed by atoms with Gasteiger partial charge >= 0.3 is 0 Å². The summed E-state index contributed by atoms with van der Waals surface area (Å²) >= 11 is 3.69. The molecule has 5 heteroatoms. The first-order chi connectivity index (χ1) is 9.71. The average molecular weight is 344 g/mol. The zero-order valence-corrected chi connectivity index (χ0v) is 14.1. The summed E-state index contributed by atoms with van der Waals surface area (Å²) in [6.45, 7) is 6.27. The summed E-state index contributed by atoms with van der Waals surface area (Å²) in [7, 11) is 0. The maximum Gasteiger partial charge on any atom is 0.0767 e. The molecule has 4 nitrogen and oxygen atoms in total. The molecule has 1 saturated carbocycles. The Morgan fingerprint density at radius 2 is 2.10 bits per heavy atom. The molecule has 1 heterocycles. The maximum atomic E-state index is 9.49. The first kappa shape index (κ1) is 16.0. The molecular formula is C15H26BrN3O. The third kappa shape index (κ3) is 3.43. The van der Waals surface area contributed by atoms with Crippen LogP contribution in [-0.4, -0.2) is 27.5 Å². The molecule has 2 rings (SSSR count). The Kier molecular flexibility index (Phi) is 6.05. The van der Waals surface area contributed by atoms with Crippen molar-refractivity contribution in [3.63, 3.8) is 0 Å². The van der Waals surface area contributed by atoms with Gasteiger partial charge in [-0.15, -0.1) is 0 Å². The van der Waals surface area contributed by atoms with Crippen molar-refractivity contribution in [2.75, 3.05) is 6.61 Å². The van der Waals surface area contributed by atoms with Gasteiger partial charge in [0.1, 0.15) is 0 Å². The van der Waals surface area contributed by atoms with Crippen LogP contribution in [0.15, 0.2) is 4.47 Å². The lowest BCUT2D eigenvalue weighted by Crippen LogP contribution is -2.40. The molecule has 1 aliphatic rings. The second-order valence-corrected chi connectivity index (χ2v) is 6.38. The summed E-state index contributed by atoms with van der Waals surface area (Å²) in [5, 5.41) is 17.8. The van der Waals surface area contributed by atoms with E-state index >= 15 is 0 Å². The van der Waals surface area contributed by atoms with Crippen LogP contribution in [0.3, 0.4) is 0 Å². The normalized spacial score (nSPS) is 23.2. The van der Waals surface area contributed by atoms with Crippen LogP contribution in [0.4, 0.5) is 0 Å². The lowest BCUT2D eigenvalue weighted by Gasteiger charge is -2.31. The molecule has 1 aliphatic carbocycles. The smallest absolute Gasteiger partial charge is 0.0767 e. The van der Waals surface area contributed by atoms with E-state index in [1.165, 1.54) is 25.0 Å². The highest BCUT2D eigenvalue weighted by Crippen LogP contribution is 2.26. The van der Waals surface area contributed by atoms with Crippen LogP contribution in [0.2, 0.25) is 0 Å². The average Bonchev–Trinajstić information content (AvgIpc) is 2.81. The van der Waals surface area contributed by atoms with Gasteiger partial charge in [0.05, 0.1) is 15.9 Å². The molecule has 0 radical (unpaired) electrons. The van der Waals surface area contributed by atoms with Crippen molar-refractivity contribution in [2.45, 2.75) is 65.1 Å². The molecule has 2 atom stereocenters. The Morgan fingerprint density at radius 1 is 1.35 bits per heavy atom. The number of aliphatic hydroxyl groups excluding tert-OH is 1. The Morgan fingerprint density at radius 3 is 2.75 bits per heavy atom. The van der Waals surface area contributed by atoms with Gasteiger partial charge in [0.15, 0.2) is 0 Å². The molecular weight excluding hydrogens is 318 g/mol. The van der Waals surface area contributed by atoms with Crippen molar-refractivity contribution in [2.24, 2.45) is 5.92 Å². The van der Waals surface area contributed by atoms with Crippen molar-refractivity contribution in [1.29, 1.82) is 0 Å². The number of rotatable bonds is 6. The summed E-state index contributed by atoms with van der Waals surface area (Å²) in [6.07, 6.45) is 5.78. The van der Waals surface area contributed by atoms with E-state index in [0.717, 1.165) is 36.1 Å². The van der Waals surface area contributed by atoms with Gasteiger partial charge in [-0.05, 0) is 48.0 Å². The summed E-state index contributed by atoms with van der Waals surface area (Å²) in [5.41, 5.74) is 2.36. The van der Waals surface area contributed by atoms with Crippen LogP contribution in [-0.2, 0) is 19.5 Å². The minimum atomic E-state index is 0.298. The Hall–Kier alpha value is -0.390. The van der Waals surface area contributed by atoms with E-state index in [1.807, 2.05) is 0 Å². The maximum absolute atomic E-state index is 9.49. The quantitative estimate of drug-likeness (QED) is 0.834. The molecule has 20 heavy (non-hydrogen) atoms. The molecule has 0 aliphatic heterocycles. The van der Waals surface area contributed by atoms with Gasteiger partial charge in [-0.3, -0.25) is 4.68 Å². The highest BCUT2D eigenvalue weighted by molar-refractivity contribution is 9.10. The standard InChI is InChI=1S/C15H26BrN3O/c1-3-12-15(16)14(19(4-2)18-12)9-17-13-8-6-5-7-11(13)10-20/h11,13,17,20H,3-10H2,1-2H3. The largest absolute Gasteiger partial charge is 0.396 e. The number of hydrogen-bond acceptors (Lipinski definition) is 3. The van der Waals surface area contributed by atoms with E-state index in [4.69, 9.17) is 0 Å². The fourth-order valence-electron chi connectivity index (χ4n) is 3.11.